The van der Waals surface area contributed by atoms with Crippen molar-refractivity contribution in [2.75, 3.05) is 12.4 Å². The molecule has 1 aromatic heterocycles. The fraction of sp³-hybridized carbons (Fsp3) is 0.381. The van der Waals surface area contributed by atoms with Crippen LogP contribution in [0.3, 0.4) is 0 Å². The summed E-state index contributed by atoms with van der Waals surface area (Å²) in [5, 5.41) is 23.0. The van der Waals surface area contributed by atoms with Gasteiger partial charge in [0.2, 0.25) is 5.16 Å². The normalized spacial score (nSPS) is 17.3. The van der Waals surface area contributed by atoms with Gasteiger partial charge in [0.25, 0.3) is 0 Å². The molecule has 0 unspecified atom stereocenters. The summed E-state index contributed by atoms with van der Waals surface area (Å²) in [5.41, 5.74) is 4.71. The lowest BCUT2D eigenvalue weighted by Gasteiger charge is -2.26. The fourth-order valence-electron chi connectivity index (χ4n) is 3.45. The molecule has 2 aromatic carbocycles. The molecule has 1 heterocycles. The van der Waals surface area contributed by atoms with Crippen LogP contribution in [-0.4, -0.2) is 43.8 Å². The number of nitrogens with zero attached hydrogens (tertiary/aromatic N) is 4. The van der Waals surface area contributed by atoms with Crippen LogP contribution in [0.1, 0.15) is 35.6 Å². The highest BCUT2D eigenvalue weighted by atomic mass is 32.2. The molecule has 28 heavy (non-hydrogen) atoms. The van der Waals surface area contributed by atoms with Gasteiger partial charge in [-0.2, -0.15) is 4.68 Å². The van der Waals surface area contributed by atoms with Gasteiger partial charge in [-0.25, -0.2) is 0 Å². The molecule has 0 spiro atoms. The van der Waals surface area contributed by atoms with Gasteiger partial charge in [0, 0.05) is 5.75 Å². The lowest BCUT2D eigenvalue weighted by molar-refractivity contribution is -0.00960. The Morgan fingerprint density at radius 2 is 2.04 bits per heavy atom. The molecule has 7 heteroatoms. The first-order chi connectivity index (χ1) is 13.7. The van der Waals surface area contributed by atoms with E-state index in [0.717, 1.165) is 24.9 Å². The third-order valence-electron chi connectivity index (χ3n) is 4.93. The number of benzene rings is 2. The number of aryl methyl sites for hydroxylation is 2. The van der Waals surface area contributed by atoms with Crippen LogP contribution in [-0.2, 0) is 11.2 Å². The lowest BCUT2D eigenvalue weighted by Crippen LogP contribution is -2.22. The Kier molecular flexibility index (Phi) is 6.04. The Balaban J connectivity index is 1.32. The van der Waals surface area contributed by atoms with E-state index in [1.165, 1.54) is 28.5 Å². The molecule has 4 rings (SSSR count). The Morgan fingerprint density at radius 1 is 1.21 bits per heavy atom. The fourth-order valence-corrected chi connectivity index (χ4v) is 4.24. The van der Waals surface area contributed by atoms with Crippen molar-refractivity contribution in [2.24, 2.45) is 0 Å². The minimum absolute atomic E-state index is 0.0717. The number of aliphatic hydroxyl groups is 1. The SMILES string of the molecule is Cc1ccc(-n2nnnc2SC[C@@H](O)CO[C@H]2CCCc3ccccc32)cc1. The Labute approximate surface area is 168 Å². The summed E-state index contributed by atoms with van der Waals surface area (Å²) in [4.78, 5) is 0. The molecule has 2 atom stereocenters. The third-order valence-corrected chi connectivity index (χ3v) is 5.99. The predicted octanol–water partition coefficient (Wildman–Crippen LogP) is 3.52. The zero-order valence-electron chi connectivity index (χ0n) is 15.9. The molecule has 1 aliphatic carbocycles. The van der Waals surface area contributed by atoms with Crippen molar-refractivity contribution < 1.29 is 9.84 Å². The Morgan fingerprint density at radius 3 is 2.89 bits per heavy atom. The van der Waals surface area contributed by atoms with E-state index in [4.69, 9.17) is 4.74 Å². The molecule has 0 saturated carbocycles. The average molecular weight is 397 g/mol. The van der Waals surface area contributed by atoms with Crippen molar-refractivity contribution in [3.63, 3.8) is 0 Å². The van der Waals surface area contributed by atoms with Crippen molar-refractivity contribution in [1.82, 2.24) is 20.2 Å². The van der Waals surface area contributed by atoms with E-state index < -0.39 is 6.10 Å². The molecular formula is C21H24N4O2S. The number of aliphatic hydroxyl groups excluding tert-OH is 1. The monoisotopic (exact) mass is 396 g/mol. The molecule has 0 saturated heterocycles. The molecule has 0 aliphatic heterocycles. The summed E-state index contributed by atoms with van der Waals surface area (Å²) < 4.78 is 7.74. The number of thioether (sulfide) groups is 1. The molecule has 146 valence electrons. The number of ether oxygens (including phenoxy) is 1. The van der Waals surface area contributed by atoms with Crippen LogP contribution in [0.4, 0.5) is 0 Å². The van der Waals surface area contributed by atoms with Gasteiger partial charge >= 0.3 is 0 Å². The molecule has 0 radical (unpaired) electrons. The first kappa shape index (κ1) is 19.1. The van der Waals surface area contributed by atoms with Crippen LogP contribution in [0.5, 0.6) is 0 Å². The molecule has 0 bridgehead atoms. The Hall–Kier alpha value is -2.22. The Bertz CT molecular complexity index is 913. The smallest absolute Gasteiger partial charge is 0.214 e. The molecular weight excluding hydrogens is 372 g/mol. The van der Waals surface area contributed by atoms with Gasteiger partial charge in [-0.1, -0.05) is 53.7 Å². The summed E-state index contributed by atoms with van der Waals surface area (Å²) in [6, 6.07) is 16.4. The van der Waals surface area contributed by atoms with E-state index in [1.54, 1.807) is 4.68 Å². The summed E-state index contributed by atoms with van der Waals surface area (Å²) in [5.74, 6) is 0.473. The number of tetrazole rings is 1. The van der Waals surface area contributed by atoms with E-state index in [1.807, 2.05) is 31.2 Å². The highest BCUT2D eigenvalue weighted by Gasteiger charge is 2.21. The maximum absolute atomic E-state index is 10.4. The van der Waals surface area contributed by atoms with Crippen LogP contribution >= 0.6 is 11.8 Å². The maximum Gasteiger partial charge on any atom is 0.214 e. The number of aromatic nitrogens is 4. The summed E-state index contributed by atoms with van der Waals surface area (Å²) in [7, 11) is 0. The zero-order valence-corrected chi connectivity index (χ0v) is 16.7. The third kappa shape index (κ3) is 4.43. The number of hydrogen-bond donors (Lipinski definition) is 1. The largest absolute Gasteiger partial charge is 0.390 e. The van der Waals surface area contributed by atoms with Crippen molar-refractivity contribution in [3.05, 3.63) is 65.2 Å². The van der Waals surface area contributed by atoms with Crippen molar-refractivity contribution in [2.45, 2.75) is 43.6 Å². The second-order valence-electron chi connectivity index (χ2n) is 7.09. The minimum atomic E-state index is -0.581. The highest BCUT2D eigenvalue weighted by molar-refractivity contribution is 7.99. The summed E-state index contributed by atoms with van der Waals surface area (Å²) in [6.07, 6.45) is 2.72. The van der Waals surface area contributed by atoms with E-state index in [2.05, 4.69) is 39.8 Å². The van der Waals surface area contributed by atoms with Crippen LogP contribution < -0.4 is 0 Å². The van der Waals surface area contributed by atoms with Gasteiger partial charge in [-0.3, -0.25) is 0 Å². The van der Waals surface area contributed by atoms with Gasteiger partial charge in [0.1, 0.15) is 0 Å². The second-order valence-corrected chi connectivity index (χ2v) is 8.07. The van der Waals surface area contributed by atoms with Crippen LogP contribution in [0, 0.1) is 6.92 Å². The number of hydrogen-bond acceptors (Lipinski definition) is 6. The standard InChI is InChI=1S/C21H24N4O2S/c1-15-9-11-17(12-10-15)25-21(22-23-24-25)28-14-18(26)13-27-20-8-4-6-16-5-2-3-7-19(16)20/h2-3,5,7,9-12,18,20,26H,4,6,8,13-14H2,1H3/t18-,20-/m0/s1. The van der Waals surface area contributed by atoms with E-state index >= 15 is 0 Å². The second kappa shape index (κ2) is 8.86. The van der Waals surface area contributed by atoms with Crippen molar-refractivity contribution in [3.8, 4) is 5.69 Å². The molecule has 1 N–H and O–H groups in total. The number of rotatable bonds is 7. The van der Waals surface area contributed by atoms with Gasteiger partial charge < -0.3 is 9.84 Å². The van der Waals surface area contributed by atoms with Crippen molar-refractivity contribution >= 4 is 11.8 Å². The summed E-state index contributed by atoms with van der Waals surface area (Å²) >= 11 is 1.43. The zero-order chi connectivity index (χ0) is 19.3. The van der Waals surface area contributed by atoms with E-state index in [-0.39, 0.29) is 6.10 Å². The number of fused-ring (bicyclic) bond motifs is 1. The van der Waals surface area contributed by atoms with Gasteiger partial charge in [0.05, 0.1) is 24.5 Å². The van der Waals surface area contributed by atoms with Crippen LogP contribution in [0.15, 0.2) is 53.7 Å². The van der Waals surface area contributed by atoms with E-state index in [9.17, 15) is 5.11 Å². The summed E-state index contributed by atoms with van der Waals surface area (Å²) in [6.45, 7) is 2.35. The van der Waals surface area contributed by atoms with Crippen molar-refractivity contribution in [1.29, 1.82) is 0 Å². The molecule has 6 nitrogen and oxygen atoms in total. The average Bonchev–Trinajstić information content (AvgIpc) is 3.20. The van der Waals surface area contributed by atoms with E-state index in [0.29, 0.717) is 17.5 Å². The maximum atomic E-state index is 10.4. The van der Waals surface area contributed by atoms with Gasteiger partial charge in [0.15, 0.2) is 0 Å². The van der Waals surface area contributed by atoms with Crippen LogP contribution in [0.2, 0.25) is 0 Å². The molecule has 1 aliphatic rings. The first-order valence-corrected chi connectivity index (χ1v) is 10.5. The lowest BCUT2D eigenvalue weighted by atomic mass is 9.89. The first-order valence-electron chi connectivity index (χ1n) is 9.56. The molecule has 3 aromatic rings. The highest BCUT2D eigenvalue weighted by Crippen LogP contribution is 2.32. The van der Waals surface area contributed by atoms with Gasteiger partial charge in [-0.15, -0.1) is 5.10 Å². The minimum Gasteiger partial charge on any atom is -0.390 e. The molecule has 0 fully saturated rings. The topological polar surface area (TPSA) is 73.1 Å². The van der Waals surface area contributed by atoms with Gasteiger partial charge in [-0.05, 0) is 59.9 Å². The predicted molar refractivity (Wildman–Crippen MR) is 109 cm³/mol. The van der Waals surface area contributed by atoms with Crippen LogP contribution in [0.25, 0.3) is 5.69 Å². The quantitative estimate of drug-likeness (QED) is 0.616. The molecule has 0 amide bonds.